The van der Waals surface area contributed by atoms with E-state index in [9.17, 15) is 18.0 Å². The van der Waals surface area contributed by atoms with Crippen molar-refractivity contribution < 1.29 is 22.7 Å². The van der Waals surface area contributed by atoms with Gasteiger partial charge in [-0.3, -0.25) is 0 Å². The number of rotatable bonds is 7. The molecule has 140 valence electrons. The van der Waals surface area contributed by atoms with Gasteiger partial charge in [-0.2, -0.15) is 13.2 Å². The summed E-state index contributed by atoms with van der Waals surface area (Å²) in [6, 6.07) is 12.1. The molecule has 2 aromatic carbocycles. The molecular weight excluding hydrogens is 345 g/mol. The Morgan fingerprint density at radius 1 is 0.962 bits per heavy atom. The van der Waals surface area contributed by atoms with Gasteiger partial charge in [-0.15, -0.1) is 0 Å². The van der Waals surface area contributed by atoms with Crippen LogP contribution in [0.2, 0.25) is 0 Å². The molecule has 0 aliphatic rings. The van der Waals surface area contributed by atoms with E-state index in [1.165, 1.54) is 12.1 Å². The van der Waals surface area contributed by atoms with Gasteiger partial charge in [-0.1, -0.05) is 36.4 Å². The van der Waals surface area contributed by atoms with Crippen LogP contribution in [0.5, 0.6) is 0 Å². The van der Waals surface area contributed by atoms with Crippen molar-refractivity contribution in [3.63, 3.8) is 0 Å². The topological polar surface area (TPSA) is 50.4 Å². The number of alkyl halides is 3. The Kier molecular flexibility index (Phi) is 7.03. The minimum atomic E-state index is -4.40. The molecule has 0 aromatic heterocycles. The molecule has 0 unspecified atom stereocenters. The van der Waals surface area contributed by atoms with Crippen LogP contribution in [0.4, 0.5) is 18.0 Å². The third kappa shape index (κ3) is 6.40. The highest BCUT2D eigenvalue weighted by atomic mass is 19.4. The van der Waals surface area contributed by atoms with Crippen LogP contribution in [0.25, 0.3) is 0 Å². The number of halogens is 3. The Morgan fingerprint density at radius 2 is 1.58 bits per heavy atom. The van der Waals surface area contributed by atoms with Gasteiger partial charge in [0.15, 0.2) is 0 Å². The molecule has 2 N–H and O–H groups in total. The van der Waals surface area contributed by atoms with E-state index in [1.54, 1.807) is 0 Å². The fraction of sp³-hybridized carbons (Fsp3) is 0.316. The molecule has 0 saturated heterocycles. The molecule has 0 fully saturated rings. The number of nitrogens with one attached hydrogen (secondary N) is 2. The average molecular weight is 366 g/mol. The minimum absolute atomic E-state index is 0.0169. The van der Waals surface area contributed by atoms with E-state index < -0.39 is 17.8 Å². The number of carbonyl (C=O) groups is 1. The van der Waals surface area contributed by atoms with Crippen LogP contribution in [-0.4, -0.2) is 12.6 Å². The Bertz CT molecular complexity index is 715. The number of ether oxygens (including phenoxy) is 1. The highest BCUT2D eigenvalue weighted by Gasteiger charge is 2.30. The zero-order valence-electron chi connectivity index (χ0n) is 14.4. The monoisotopic (exact) mass is 366 g/mol. The minimum Gasteiger partial charge on any atom is -0.377 e. The van der Waals surface area contributed by atoms with Gasteiger partial charge in [0, 0.05) is 19.7 Å². The van der Waals surface area contributed by atoms with Gasteiger partial charge in [0.2, 0.25) is 0 Å². The van der Waals surface area contributed by atoms with Crippen LogP contribution in [0.3, 0.4) is 0 Å². The van der Waals surface area contributed by atoms with Gasteiger partial charge in [-0.25, -0.2) is 4.79 Å². The SMILES string of the molecule is CCOCc1ccc(CNC(=O)NCc2cccc(C(F)(F)F)c2)cc1. The average Bonchev–Trinajstić information content (AvgIpc) is 2.63. The van der Waals surface area contributed by atoms with E-state index >= 15 is 0 Å². The Balaban J connectivity index is 1.79. The van der Waals surface area contributed by atoms with Crippen molar-refractivity contribution in [2.75, 3.05) is 6.61 Å². The lowest BCUT2D eigenvalue weighted by molar-refractivity contribution is -0.137. The van der Waals surface area contributed by atoms with Crippen molar-refractivity contribution in [3.8, 4) is 0 Å². The Morgan fingerprint density at radius 3 is 2.19 bits per heavy atom. The van der Waals surface area contributed by atoms with Crippen LogP contribution < -0.4 is 10.6 Å². The molecule has 0 heterocycles. The van der Waals surface area contributed by atoms with Gasteiger partial charge in [0.1, 0.15) is 0 Å². The molecule has 0 aliphatic heterocycles. The molecule has 2 aromatic rings. The highest BCUT2D eigenvalue weighted by molar-refractivity contribution is 5.73. The molecule has 4 nitrogen and oxygen atoms in total. The van der Waals surface area contributed by atoms with Crippen molar-refractivity contribution in [1.82, 2.24) is 10.6 Å². The van der Waals surface area contributed by atoms with Crippen molar-refractivity contribution in [2.45, 2.75) is 32.8 Å². The van der Waals surface area contributed by atoms with Gasteiger partial charge < -0.3 is 15.4 Å². The largest absolute Gasteiger partial charge is 0.416 e. The summed E-state index contributed by atoms with van der Waals surface area (Å²) >= 11 is 0. The number of hydrogen-bond acceptors (Lipinski definition) is 2. The molecular formula is C19H21F3N2O2. The van der Waals surface area contributed by atoms with Crippen LogP contribution in [0, 0.1) is 0 Å². The lowest BCUT2D eigenvalue weighted by atomic mass is 10.1. The van der Waals surface area contributed by atoms with E-state index in [-0.39, 0.29) is 6.54 Å². The molecule has 2 rings (SSSR count). The van der Waals surface area contributed by atoms with Crippen molar-refractivity contribution in [3.05, 3.63) is 70.8 Å². The quantitative estimate of drug-likeness (QED) is 0.770. The van der Waals surface area contributed by atoms with Gasteiger partial charge in [0.05, 0.1) is 12.2 Å². The number of benzene rings is 2. The smallest absolute Gasteiger partial charge is 0.377 e. The fourth-order valence-electron chi connectivity index (χ4n) is 2.26. The number of amides is 2. The first kappa shape index (κ1) is 19.8. The first-order valence-corrected chi connectivity index (χ1v) is 8.22. The second-order valence-corrected chi connectivity index (χ2v) is 5.69. The van der Waals surface area contributed by atoms with E-state index in [0.717, 1.165) is 23.3 Å². The second kappa shape index (κ2) is 9.24. The summed E-state index contributed by atoms with van der Waals surface area (Å²) in [5.41, 5.74) is 1.61. The summed E-state index contributed by atoms with van der Waals surface area (Å²) in [6.45, 7) is 3.46. The molecule has 0 atom stereocenters. The third-order valence-corrected chi connectivity index (χ3v) is 3.66. The highest BCUT2D eigenvalue weighted by Crippen LogP contribution is 2.29. The summed E-state index contributed by atoms with van der Waals surface area (Å²) < 4.78 is 43.3. The predicted octanol–water partition coefficient (Wildman–Crippen LogP) is 4.24. The fourth-order valence-corrected chi connectivity index (χ4v) is 2.26. The van der Waals surface area contributed by atoms with Crippen LogP contribution in [-0.2, 0) is 30.6 Å². The number of carbonyl (C=O) groups excluding carboxylic acids is 1. The van der Waals surface area contributed by atoms with Gasteiger partial charge in [0.25, 0.3) is 0 Å². The molecule has 0 saturated carbocycles. The number of hydrogen-bond donors (Lipinski definition) is 2. The van der Waals surface area contributed by atoms with Crippen LogP contribution in [0.15, 0.2) is 48.5 Å². The number of urea groups is 1. The van der Waals surface area contributed by atoms with E-state index in [0.29, 0.717) is 25.3 Å². The standard InChI is InChI=1S/C19H21F3N2O2/c1-2-26-13-15-8-6-14(7-9-15)11-23-18(25)24-12-16-4-3-5-17(10-16)19(20,21)22/h3-10H,2,11-13H2,1H3,(H2,23,24,25). The molecule has 0 bridgehead atoms. The second-order valence-electron chi connectivity index (χ2n) is 5.69. The maximum atomic E-state index is 12.7. The third-order valence-electron chi connectivity index (χ3n) is 3.66. The van der Waals surface area contributed by atoms with Crippen LogP contribution >= 0.6 is 0 Å². The lowest BCUT2D eigenvalue weighted by Gasteiger charge is -2.11. The lowest BCUT2D eigenvalue weighted by Crippen LogP contribution is -2.34. The first-order valence-electron chi connectivity index (χ1n) is 8.22. The van der Waals surface area contributed by atoms with Gasteiger partial charge >= 0.3 is 12.2 Å². The van der Waals surface area contributed by atoms with Gasteiger partial charge in [-0.05, 0) is 35.7 Å². The molecule has 0 spiro atoms. The summed E-state index contributed by atoms with van der Waals surface area (Å²) in [5, 5.41) is 5.22. The zero-order chi connectivity index (χ0) is 19.0. The molecule has 26 heavy (non-hydrogen) atoms. The molecule has 7 heteroatoms. The van der Waals surface area contributed by atoms with E-state index in [4.69, 9.17) is 4.74 Å². The summed E-state index contributed by atoms with van der Waals surface area (Å²) in [6.07, 6.45) is -4.40. The molecule has 0 radical (unpaired) electrons. The van der Waals surface area contributed by atoms with E-state index in [2.05, 4.69) is 10.6 Å². The van der Waals surface area contributed by atoms with Crippen molar-refractivity contribution in [1.29, 1.82) is 0 Å². The summed E-state index contributed by atoms with van der Waals surface area (Å²) in [4.78, 5) is 11.8. The summed E-state index contributed by atoms with van der Waals surface area (Å²) in [5.74, 6) is 0. The first-order chi connectivity index (χ1) is 12.4. The summed E-state index contributed by atoms with van der Waals surface area (Å²) in [7, 11) is 0. The molecule has 0 aliphatic carbocycles. The Hall–Kier alpha value is -2.54. The molecule has 2 amide bonds. The van der Waals surface area contributed by atoms with Crippen LogP contribution in [0.1, 0.15) is 29.2 Å². The maximum absolute atomic E-state index is 12.7. The van der Waals surface area contributed by atoms with Crippen molar-refractivity contribution >= 4 is 6.03 Å². The zero-order valence-corrected chi connectivity index (χ0v) is 14.4. The normalized spacial score (nSPS) is 11.2. The predicted molar refractivity (Wildman–Crippen MR) is 92.3 cm³/mol. The van der Waals surface area contributed by atoms with E-state index in [1.807, 2.05) is 31.2 Å². The van der Waals surface area contributed by atoms with Crippen molar-refractivity contribution in [2.24, 2.45) is 0 Å². The maximum Gasteiger partial charge on any atom is 0.416 e. The Labute approximate surface area is 150 Å².